The van der Waals surface area contributed by atoms with Crippen LogP contribution >= 0.6 is 0 Å². The van der Waals surface area contributed by atoms with Gasteiger partial charge in [0.05, 0.1) is 4.90 Å². The molecule has 0 bridgehead atoms. The maximum atomic E-state index is 13.3. The van der Waals surface area contributed by atoms with Crippen LogP contribution in [0.15, 0.2) is 53.4 Å². The molecule has 2 atom stereocenters. The Morgan fingerprint density at radius 3 is 2.09 bits per heavy atom. The molecule has 1 saturated heterocycles. The minimum Gasteiger partial charge on any atom is -0.352 e. The number of amides is 2. The first-order chi connectivity index (χ1) is 16.5. The summed E-state index contributed by atoms with van der Waals surface area (Å²) in [5.41, 5.74) is 2.36. The highest BCUT2D eigenvalue weighted by Crippen LogP contribution is 2.27. The first-order valence-electron chi connectivity index (χ1n) is 12.2. The molecule has 2 aromatic rings. The minimum absolute atomic E-state index is 0.0534. The van der Waals surface area contributed by atoms with Gasteiger partial charge in [-0.1, -0.05) is 49.7 Å². The summed E-state index contributed by atoms with van der Waals surface area (Å²) in [6.45, 7) is 10.4. The van der Waals surface area contributed by atoms with E-state index in [2.05, 4.69) is 10.6 Å². The second-order valence-electron chi connectivity index (χ2n) is 9.86. The van der Waals surface area contributed by atoms with E-state index in [1.807, 2.05) is 46.8 Å². The molecule has 0 spiro atoms. The van der Waals surface area contributed by atoms with Crippen molar-refractivity contribution in [3.05, 3.63) is 65.2 Å². The van der Waals surface area contributed by atoms with Crippen LogP contribution in [-0.2, 0) is 14.8 Å². The zero-order valence-corrected chi connectivity index (χ0v) is 22.1. The van der Waals surface area contributed by atoms with Gasteiger partial charge in [-0.2, -0.15) is 4.31 Å². The molecule has 0 aliphatic carbocycles. The molecule has 0 unspecified atom stereocenters. The topological polar surface area (TPSA) is 95.6 Å². The summed E-state index contributed by atoms with van der Waals surface area (Å²) in [7, 11) is -3.60. The van der Waals surface area contributed by atoms with Gasteiger partial charge in [-0.25, -0.2) is 8.42 Å². The predicted octanol–water partition coefficient (Wildman–Crippen LogP) is 3.66. The van der Waals surface area contributed by atoms with Gasteiger partial charge in [0.25, 0.3) is 5.91 Å². The number of aryl methyl sites for hydroxylation is 2. The summed E-state index contributed by atoms with van der Waals surface area (Å²) in [6, 6.07) is 13.3. The lowest BCUT2D eigenvalue weighted by Crippen LogP contribution is -2.55. The van der Waals surface area contributed by atoms with Crippen LogP contribution in [0.1, 0.15) is 55.1 Å². The molecule has 7 nitrogen and oxygen atoms in total. The fourth-order valence-corrected chi connectivity index (χ4v) is 5.70. The number of sulfonamides is 1. The summed E-state index contributed by atoms with van der Waals surface area (Å²) < 4.78 is 27.7. The highest BCUT2D eigenvalue weighted by Gasteiger charge is 2.37. The number of hydrogen-bond donors (Lipinski definition) is 2. The van der Waals surface area contributed by atoms with Gasteiger partial charge < -0.3 is 10.6 Å². The third kappa shape index (κ3) is 6.49. The number of nitrogens with one attached hydrogen (secondary N) is 2. The second kappa shape index (κ2) is 11.4. The first-order valence-corrected chi connectivity index (χ1v) is 13.7. The Balaban J connectivity index is 1.76. The van der Waals surface area contributed by atoms with Crippen molar-refractivity contribution in [3.8, 4) is 0 Å². The molecule has 3 rings (SSSR count). The van der Waals surface area contributed by atoms with E-state index in [1.165, 1.54) is 4.31 Å². The molecule has 8 heteroatoms. The van der Waals surface area contributed by atoms with Crippen LogP contribution in [0.4, 0.5) is 0 Å². The molecule has 0 saturated carbocycles. The summed E-state index contributed by atoms with van der Waals surface area (Å²) in [6.07, 6.45) is 0.959. The van der Waals surface area contributed by atoms with Crippen molar-refractivity contribution in [1.29, 1.82) is 0 Å². The van der Waals surface area contributed by atoms with Gasteiger partial charge in [0.15, 0.2) is 0 Å². The number of carbonyl (C=O) groups excluding carboxylic acids is 2. The molecule has 1 aliphatic heterocycles. The van der Waals surface area contributed by atoms with Gasteiger partial charge in [-0.3, -0.25) is 9.59 Å². The number of rotatable bonds is 8. The fraction of sp³-hybridized carbons (Fsp3) is 0.481. The first kappa shape index (κ1) is 26.9. The second-order valence-corrected chi connectivity index (χ2v) is 11.8. The van der Waals surface area contributed by atoms with Crippen LogP contribution in [0, 0.1) is 25.7 Å². The Hall–Kier alpha value is -2.71. The van der Waals surface area contributed by atoms with Crippen LogP contribution < -0.4 is 10.6 Å². The van der Waals surface area contributed by atoms with E-state index in [0.717, 1.165) is 11.1 Å². The highest BCUT2D eigenvalue weighted by atomic mass is 32.2. The number of hydrogen-bond acceptors (Lipinski definition) is 4. The van der Waals surface area contributed by atoms with Gasteiger partial charge in [0.1, 0.15) is 6.04 Å². The van der Waals surface area contributed by atoms with Crippen LogP contribution in [0.2, 0.25) is 0 Å². The maximum Gasteiger partial charge on any atom is 0.252 e. The number of piperidine rings is 1. The van der Waals surface area contributed by atoms with E-state index in [4.69, 9.17) is 0 Å². The zero-order valence-electron chi connectivity index (χ0n) is 21.2. The molecule has 0 radical (unpaired) electrons. The molecular weight excluding hydrogens is 462 g/mol. The Bertz CT molecular complexity index is 1140. The van der Waals surface area contributed by atoms with Crippen LogP contribution in [0.5, 0.6) is 0 Å². The van der Waals surface area contributed by atoms with Crippen molar-refractivity contribution in [1.82, 2.24) is 14.9 Å². The quantitative estimate of drug-likeness (QED) is 0.579. The summed E-state index contributed by atoms with van der Waals surface area (Å²) in [4.78, 5) is 26.6. The summed E-state index contributed by atoms with van der Waals surface area (Å²) in [5, 5.41) is 6.00. The monoisotopic (exact) mass is 499 g/mol. The van der Waals surface area contributed by atoms with Gasteiger partial charge in [0, 0.05) is 24.7 Å². The van der Waals surface area contributed by atoms with Gasteiger partial charge >= 0.3 is 0 Å². The van der Waals surface area contributed by atoms with Crippen molar-refractivity contribution < 1.29 is 18.0 Å². The largest absolute Gasteiger partial charge is 0.352 e. The maximum absolute atomic E-state index is 13.3. The molecule has 1 heterocycles. The molecule has 190 valence electrons. The lowest BCUT2D eigenvalue weighted by Gasteiger charge is -2.36. The average Bonchev–Trinajstić information content (AvgIpc) is 2.83. The van der Waals surface area contributed by atoms with E-state index in [0.29, 0.717) is 31.5 Å². The molecule has 1 fully saturated rings. The number of carbonyl (C=O) groups is 2. The van der Waals surface area contributed by atoms with E-state index in [-0.39, 0.29) is 34.6 Å². The van der Waals surface area contributed by atoms with E-state index in [9.17, 15) is 18.0 Å². The van der Waals surface area contributed by atoms with Crippen molar-refractivity contribution in [2.45, 2.75) is 64.4 Å². The van der Waals surface area contributed by atoms with Crippen LogP contribution in [0.3, 0.4) is 0 Å². The Kier molecular flexibility index (Phi) is 8.72. The van der Waals surface area contributed by atoms with Crippen molar-refractivity contribution in [2.24, 2.45) is 11.8 Å². The molecule has 2 aromatic carbocycles. The summed E-state index contributed by atoms with van der Waals surface area (Å²) in [5.74, 6) is -0.455. The average molecular weight is 500 g/mol. The lowest BCUT2D eigenvalue weighted by molar-refractivity contribution is -0.125. The Morgan fingerprint density at radius 2 is 1.51 bits per heavy atom. The van der Waals surface area contributed by atoms with Gasteiger partial charge in [-0.15, -0.1) is 0 Å². The van der Waals surface area contributed by atoms with E-state index >= 15 is 0 Å². The lowest BCUT2D eigenvalue weighted by atomic mass is 9.88. The molecule has 2 amide bonds. The molecule has 1 aliphatic rings. The van der Waals surface area contributed by atoms with Gasteiger partial charge in [-0.05, 0) is 69.2 Å². The number of nitrogens with zero attached hydrogens (tertiary/aromatic N) is 1. The molecule has 2 N–H and O–H groups in total. The Morgan fingerprint density at radius 1 is 0.914 bits per heavy atom. The SMILES string of the molecule is Cc1ccc(S(=O)(=O)N2CCC([C@@H](NC(=O)c3ccccc3C)C(=O)N[C@H](C)C(C)C)CC2)cc1. The summed E-state index contributed by atoms with van der Waals surface area (Å²) >= 11 is 0. The Labute approximate surface area is 209 Å². The van der Waals surface area contributed by atoms with Gasteiger partial charge in [0.2, 0.25) is 15.9 Å². The standard InChI is InChI=1S/C27H37N3O4S/c1-18(2)21(5)28-27(32)25(29-26(31)24-9-7-6-8-20(24)4)22-14-16-30(17-15-22)35(33,34)23-12-10-19(3)11-13-23/h6-13,18,21-22,25H,14-17H2,1-5H3,(H,28,32)(H,29,31)/t21-,25-/m1/s1. The van der Waals surface area contributed by atoms with Crippen molar-refractivity contribution >= 4 is 21.8 Å². The van der Waals surface area contributed by atoms with Crippen molar-refractivity contribution in [3.63, 3.8) is 0 Å². The highest BCUT2D eigenvalue weighted by molar-refractivity contribution is 7.89. The number of benzene rings is 2. The third-order valence-corrected chi connectivity index (χ3v) is 8.87. The van der Waals surface area contributed by atoms with Crippen LogP contribution in [0.25, 0.3) is 0 Å². The fourth-order valence-electron chi connectivity index (χ4n) is 4.23. The van der Waals surface area contributed by atoms with E-state index in [1.54, 1.807) is 36.4 Å². The van der Waals surface area contributed by atoms with E-state index < -0.39 is 16.1 Å². The zero-order chi connectivity index (χ0) is 25.8. The predicted molar refractivity (Wildman–Crippen MR) is 138 cm³/mol. The molecule has 35 heavy (non-hydrogen) atoms. The third-order valence-electron chi connectivity index (χ3n) is 6.96. The molecule has 0 aromatic heterocycles. The molecular formula is C27H37N3O4S. The minimum atomic E-state index is -3.60. The smallest absolute Gasteiger partial charge is 0.252 e. The van der Waals surface area contributed by atoms with Crippen LogP contribution in [-0.4, -0.2) is 49.7 Å². The van der Waals surface area contributed by atoms with Crippen molar-refractivity contribution in [2.75, 3.05) is 13.1 Å². The normalized spacial score (nSPS) is 17.1.